The summed E-state index contributed by atoms with van der Waals surface area (Å²) < 4.78 is 40.5. The van der Waals surface area contributed by atoms with Crippen molar-refractivity contribution in [2.75, 3.05) is 32.7 Å². The van der Waals surface area contributed by atoms with Crippen LogP contribution in [0.2, 0.25) is 0 Å². The molecule has 2 aliphatic carbocycles. The van der Waals surface area contributed by atoms with Gasteiger partial charge >= 0.3 is 0 Å². The van der Waals surface area contributed by atoms with Crippen LogP contribution in [0.25, 0.3) is 0 Å². The van der Waals surface area contributed by atoms with Crippen LogP contribution in [0.1, 0.15) is 25.7 Å². The number of halogens is 1. The van der Waals surface area contributed by atoms with Crippen LogP contribution in [0.5, 0.6) is 0 Å². The van der Waals surface area contributed by atoms with E-state index in [2.05, 4.69) is 5.32 Å². The molecule has 0 radical (unpaired) electrons. The topological polar surface area (TPSA) is 69.7 Å². The number of amides is 1. The van der Waals surface area contributed by atoms with Gasteiger partial charge in [-0.15, -0.1) is 0 Å². The van der Waals surface area contributed by atoms with Gasteiger partial charge in [0, 0.05) is 32.2 Å². The third kappa shape index (κ3) is 4.33. The Labute approximate surface area is 159 Å². The van der Waals surface area contributed by atoms with E-state index >= 15 is 0 Å². The van der Waals surface area contributed by atoms with Gasteiger partial charge in [0.2, 0.25) is 15.9 Å². The smallest absolute Gasteiger partial charge is 0.246 e. The first-order valence-corrected chi connectivity index (χ1v) is 11.2. The quantitative estimate of drug-likeness (QED) is 0.759. The molecule has 0 bridgehead atoms. The van der Waals surface area contributed by atoms with Crippen LogP contribution < -0.4 is 5.32 Å². The number of hydrogen-bond donors (Lipinski definition) is 1. The van der Waals surface area contributed by atoms with Crippen molar-refractivity contribution < 1.29 is 17.6 Å². The summed E-state index contributed by atoms with van der Waals surface area (Å²) in [5.74, 6) is 0.614. The van der Waals surface area contributed by atoms with E-state index in [9.17, 15) is 17.6 Å². The normalized spacial score (nSPS) is 22.1. The molecule has 1 saturated heterocycles. The Morgan fingerprint density at radius 1 is 1.07 bits per heavy atom. The number of piperazine rings is 1. The minimum atomic E-state index is -3.84. The fourth-order valence-corrected chi connectivity index (χ4v) is 5.37. The van der Waals surface area contributed by atoms with Crippen molar-refractivity contribution in [1.29, 1.82) is 0 Å². The van der Waals surface area contributed by atoms with Gasteiger partial charge < -0.3 is 5.32 Å². The van der Waals surface area contributed by atoms with Crippen molar-refractivity contribution in [2.45, 2.75) is 36.6 Å². The van der Waals surface area contributed by atoms with E-state index in [4.69, 9.17) is 0 Å². The highest BCUT2D eigenvalue weighted by Crippen LogP contribution is 2.44. The van der Waals surface area contributed by atoms with E-state index in [1.165, 1.54) is 48.2 Å². The Bertz CT molecular complexity index is 788. The third-order valence-corrected chi connectivity index (χ3v) is 7.67. The van der Waals surface area contributed by atoms with Gasteiger partial charge in [0.15, 0.2) is 0 Å². The van der Waals surface area contributed by atoms with Gasteiger partial charge in [-0.25, -0.2) is 12.8 Å². The summed E-state index contributed by atoms with van der Waals surface area (Å²) in [4.78, 5) is 14.1. The van der Waals surface area contributed by atoms with Gasteiger partial charge in [0.05, 0.1) is 6.54 Å². The second-order valence-corrected chi connectivity index (χ2v) is 9.79. The molecule has 1 heterocycles. The maximum atomic E-state index is 13.9. The maximum Gasteiger partial charge on any atom is 0.246 e. The Morgan fingerprint density at radius 2 is 1.67 bits per heavy atom. The molecule has 1 aromatic carbocycles. The molecular weight excluding hydrogens is 369 g/mol. The molecule has 148 valence electrons. The molecule has 2 saturated carbocycles. The lowest BCUT2D eigenvalue weighted by Crippen LogP contribution is -2.52. The molecular formula is C19H26FN3O3S. The standard InChI is InChI=1S/C19H26FN3O3S/c20-16-3-1-2-4-17(16)27(25,26)23-11-9-22(10-12-23)13-18(24)21-19(14-5-6-14)15-7-8-15/h1-4,14-15,19H,5-13H2,(H,21,24). The summed E-state index contributed by atoms with van der Waals surface area (Å²) in [5.41, 5.74) is 0. The van der Waals surface area contributed by atoms with E-state index in [1.54, 1.807) is 0 Å². The number of carbonyl (C=O) groups excluding carboxylic acids is 1. The number of carbonyl (C=O) groups is 1. The largest absolute Gasteiger partial charge is 0.352 e. The molecule has 0 unspecified atom stereocenters. The van der Waals surface area contributed by atoms with E-state index in [-0.39, 0.29) is 23.9 Å². The van der Waals surface area contributed by atoms with Gasteiger partial charge in [0.1, 0.15) is 10.7 Å². The van der Waals surface area contributed by atoms with Gasteiger partial charge in [-0.1, -0.05) is 12.1 Å². The molecule has 0 spiro atoms. The lowest BCUT2D eigenvalue weighted by Gasteiger charge is -2.33. The van der Waals surface area contributed by atoms with Crippen molar-refractivity contribution in [3.05, 3.63) is 30.1 Å². The molecule has 3 fully saturated rings. The average molecular weight is 396 g/mol. The van der Waals surface area contributed by atoms with E-state index < -0.39 is 15.8 Å². The number of nitrogens with one attached hydrogen (secondary N) is 1. The van der Waals surface area contributed by atoms with Crippen LogP contribution >= 0.6 is 0 Å². The zero-order chi connectivity index (χ0) is 19.0. The molecule has 0 atom stereocenters. The van der Waals surface area contributed by atoms with E-state index in [0.717, 1.165) is 6.07 Å². The van der Waals surface area contributed by atoms with Crippen LogP contribution in [-0.2, 0) is 14.8 Å². The van der Waals surface area contributed by atoms with E-state index in [0.29, 0.717) is 37.5 Å². The van der Waals surface area contributed by atoms with Crippen molar-refractivity contribution in [2.24, 2.45) is 11.8 Å². The summed E-state index contributed by atoms with van der Waals surface area (Å²) >= 11 is 0. The van der Waals surface area contributed by atoms with Gasteiger partial charge in [0.25, 0.3) is 0 Å². The molecule has 1 aliphatic heterocycles. The first kappa shape index (κ1) is 18.8. The highest BCUT2D eigenvalue weighted by Gasteiger charge is 2.42. The molecule has 1 amide bonds. The average Bonchev–Trinajstić information content (AvgIpc) is 3.55. The highest BCUT2D eigenvalue weighted by atomic mass is 32.2. The SMILES string of the molecule is O=C(CN1CCN(S(=O)(=O)c2ccccc2F)CC1)NC(C1CC1)C1CC1. The maximum absolute atomic E-state index is 13.9. The molecule has 8 heteroatoms. The molecule has 1 aromatic rings. The Kier molecular flexibility index (Phi) is 5.22. The van der Waals surface area contributed by atoms with Crippen LogP contribution in [0.4, 0.5) is 4.39 Å². The summed E-state index contributed by atoms with van der Waals surface area (Å²) in [6.07, 6.45) is 4.87. The van der Waals surface area contributed by atoms with Crippen molar-refractivity contribution in [3.8, 4) is 0 Å². The van der Waals surface area contributed by atoms with Crippen molar-refractivity contribution >= 4 is 15.9 Å². The Balaban J connectivity index is 1.30. The number of nitrogens with zero attached hydrogens (tertiary/aromatic N) is 2. The predicted molar refractivity (Wildman–Crippen MR) is 99.0 cm³/mol. The highest BCUT2D eigenvalue weighted by molar-refractivity contribution is 7.89. The zero-order valence-electron chi connectivity index (χ0n) is 15.3. The second-order valence-electron chi connectivity index (χ2n) is 7.88. The zero-order valence-corrected chi connectivity index (χ0v) is 16.1. The second kappa shape index (κ2) is 7.48. The minimum Gasteiger partial charge on any atom is -0.352 e. The van der Waals surface area contributed by atoms with Gasteiger partial charge in [-0.2, -0.15) is 4.31 Å². The Hall–Kier alpha value is -1.51. The van der Waals surface area contributed by atoms with Crippen LogP contribution in [-0.4, -0.2) is 62.3 Å². The van der Waals surface area contributed by atoms with Crippen molar-refractivity contribution in [3.63, 3.8) is 0 Å². The van der Waals surface area contributed by atoms with Crippen LogP contribution in [0.3, 0.4) is 0 Å². The fraction of sp³-hybridized carbons (Fsp3) is 0.632. The number of sulfonamides is 1. The predicted octanol–water partition coefficient (Wildman–Crippen LogP) is 1.44. The van der Waals surface area contributed by atoms with E-state index in [1.807, 2.05) is 4.90 Å². The third-order valence-electron chi connectivity index (χ3n) is 5.74. The summed E-state index contributed by atoms with van der Waals surface area (Å²) in [7, 11) is -3.84. The van der Waals surface area contributed by atoms with Crippen LogP contribution in [0.15, 0.2) is 29.2 Å². The summed E-state index contributed by atoms with van der Waals surface area (Å²) in [6, 6.07) is 5.78. The molecule has 1 N–H and O–H groups in total. The minimum absolute atomic E-state index is 0.0317. The first-order valence-electron chi connectivity index (χ1n) is 9.71. The molecule has 3 aliphatic rings. The lowest BCUT2D eigenvalue weighted by molar-refractivity contribution is -0.123. The van der Waals surface area contributed by atoms with Crippen LogP contribution in [0, 0.1) is 17.7 Å². The molecule has 27 heavy (non-hydrogen) atoms. The molecule has 0 aromatic heterocycles. The number of hydrogen-bond acceptors (Lipinski definition) is 4. The first-order chi connectivity index (χ1) is 12.9. The summed E-state index contributed by atoms with van der Waals surface area (Å²) in [6.45, 7) is 1.76. The van der Waals surface area contributed by atoms with Gasteiger partial charge in [-0.3, -0.25) is 9.69 Å². The molecule has 6 nitrogen and oxygen atoms in total. The monoisotopic (exact) mass is 395 g/mol. The summed E-state index contributed by atoms with van der Waals surface area (Å²) in [5, 5.41) is 3.20. The number of rotatable bonds is 7. The Morgan fingerprint density at radius 3 is 2.22 bits per heavy atom. The van der Waals surface area contributed by atoms with Crippen molar-refractivity contribution in [1.82, 2.24) is 14.5 Å². The fourth-order valence-electron chi connectivity index (χ4n) is 3.89. The molecule has 4 rings (SSSR count). The number of benzene rings is 1. The van der Waals surface area contributed by atoms with Gasteiger partial charge in [-0.05, 0) is 49.7 Å². The lowest BCUT2D eigenvalue weighted by atomic mass is 10.1.